The van der Waals surface area contributed by atoms with E-state index in [9.17, 15) is 8.42 Å². The molecule has 120 valence electrons. The van der Waals surface area contributed by atoms with E-state index < -0.39 is 10.0 Å². The van der Waals surface area contributed by atoms with Crippen LogP contribution in [0.15, 0.2) is 53.4 Å². The van der Waals surface area contributed by atoms with Crippen LogP contribution in [0.3, 0.4) is 0 Å². The van der Waals surface area contributed by atoms with Crippen LogP contribution in [0, 0.1) is 11.3 Å². The maximum atomic E-state index is 12.1. The van der Waals surface area contributed by atoms with E-state index in [-0.39, 0.29) is 4.90 Å². The third kappa shape index (κ3) is 5.56. The first-order chi connectivity index (χ1) is 11.0. The molecular formula is C16H15ClN2O2S2. The lowest BCUT2D eigenvalue weighted by atomic mass is 10.2. The Kier molecular flexibility index (Phi) is 6.48. The van der Waals surface area contributed by atoms with Gasteiger partial charge in [0.25, 0.3) is 0 Å². The number of rotatable bonds is 7. The number of hydrogen-bond donors (Lipinski definition) is 1. The van der Waals surface area contributed by atoms with Crippen molar-refractivity contribution in [2.45, 2.75) is 10.6 Å². The van der Waals surface area contributed by atoms with Crippen LogP contribution in [-0.2, 0) is 15.8 Å². The third-order valence-corrected chi connectivity index (χ3v) is 5.73. The smallest absolute Gasteiger partial charge is 0.210 e. The molecule has 0 radical (unpaired) electrons. The summed E-state index contributed by atoms with van der Waals surface area (Å²) in [5.41, 5.74) is 1.47. The Balaban J connectivity index is 1.81. The average molecular weight is 367 g/mol. The van der Waals surface area contributed by atoms with E-state index in [2.05, 4.69) is 4.72 Å². The Morgan fingerprint density at radius 1 is 1.17 bits per heavy atom. The molecule has 7 heteroatoms. The zero-order chi connectivity index (χ0) is 16.7. The van der Waals surface area contributed by atoms with Gasteiger partial charge in [0, 0.05) is 23.1 Å². The summed E-state index contributed by atoms with van der Waals surface area (Å²) in [4.78, 5) is 0.110. The molecule has 23 heavy (non-hydrogen) atoms. The van der Waals surface area contributed by atoms with Crippen LogP contribution in [0.4, 0.5) is 0 Å². The van der Waals surface area contributed by atoms with Crippen molar-refractivity contribution in [3.05, 3.63) is 64.7 Å². The fraction of sp³-hybridized carbons (Fsp3) is 0.188. The molecule has 0 fully saturated rings. The van der Waals surface area contributed by atoms with E-state index in [1.807, 2.05) is 30.3 Å². The summed E-state index contributed by atoms with van der Waals surface area (Å²) in [6.45, 7) is 0.331. The van der Waals surface area contributed by atoms with Crippen molar-refractivity contribution in [3.8, 4) is 6.07 Å². The number of sulfonamides is 1. The van der Waals surface area contributed by atoms with E-state index in [0.29, 0.717) is 22.9 Å². The molecule has 2 aromatic rings. The molecule has 0 amide bonds. The standard InChI is InChI=1S/C16H15ClN2O2S2/c17-15-6-4-13(5-7-15)12-22-9-8-19-23(20,21)16-3-1-2-14(10-16)11-18/h1-7,10,19H,8-9,12H2. The van der Waals surface area contributed by atoms with Gasteiger partial charge in [-0.15, -0.1) is 0 Å². The van der Waals surface area contributed by atoms with Crippen LogP contribution in [0.1, 0.15) is 11.1 Å². The van der Waals surface area contributed by atoms with Crippen molar-refractivity contribution in [2.75, 3.05) is 12.3 Å². The second-order valence-corrected chi connectivity index (χ2v) is 8.03. The Hall–Kier alpha value is -1.52. The molecule has 0 spiro atoms. The molecule has 0 aromatic heterocycles. The molecule has 0 saturated carbocycles. The average Bonchev–Trinajstić information content (AvgIpc) is 2.56. The first kappa shape index (κ1) is 17.8. The van der Waals surface area contributed by atoms with Crippen LogP contribution in [0.25, 0.3) is 0 Å². The third-order valence-electron chi connectivity index (χ3n) is 2.99. The van der Waals surface area contributed by atoms with E-state index in [4.69, 9.17) is 16.9 Å². The maximum Gasteiger partial charge on any atom is 0.240 e. The van der Waals surface area contributed by atoms with Gasteiger partial charge in [-0.2, -0.15) is 17.0 Å². The van der Waals surface area contributed by atoms with Gasteiger partial charge < -0.3 is 0 Å². The largest absolute Gasteiger partial charge is 0.240 e. The number of nitrogens with zero attached hydrogens (tertiary/aromatic N) is 1. The zero-order valence-corrected chi connectivity index (χ0v) is 14.6. The molecule has 0 heterocycles. The summed E-state index contributed by atoms with van der Waals surface area (Å²) >= 11 is 7.46. The van der Waals surface area contributed by atoms with Crippen LogP contribution < -0.4 is 4.72 Å². The van der Waals surface area contributed by atoms with E-state index in [0.717, 1.165) is 11.3 Å². The van der Waals surface area contributed by atoms with Gasteiger partial charge in [-0.3, -0.25) is 0 Å². The molecule has 0 aliphatic carbocycles. The molecule has 2 rings (SSSR count). The Morgan fingerprint density at radius 2 is 1.91 bits per heavy atom. The summed E-state index contributed by atoms with van der Waals surface area (Å²) in [5, 5.41) is 9.52. The lowest BCUT2D eigenvalue weighted by Gasteiger charge is -2.07. The number of hydrogen-bond acceptors (Lipinski definition) is 4. The summed E-state index contributed by atoms with van der Waals surface area (Å²) in [6.07, 6.45) is 0. The highest BCUT2D eigenvalue weighted by Crippen LogP contribution is 2.15. The second kappa shape index (κ2) is 8.37. The Bertz CT molecular complexity index is 800. The van der Waals surface area contributed by atoms with Gasteiger partial charge in [0.05, 0.1) is 16.5 Å². The molecule has 4 nitrogen and oxygen atoms in total. The molecule has 0 bridgehead atoms. The molecule has 0 saturated heterocycles. The van der Waals surface area contributed by atoms with Gasteiger partial charge in [-0.1, -0.05) is 29.8 Å². The predicted octanol–water partition coefficient (Wildman–Crippen LogP) is 3.42. The van der Waals surface area contributed by atoms with Crippen molar-refractivity contribution in [1.29, 1.82) is 5.26 Å². The monoisotopic (exact) mass is 366 g/mol. The topological polar surface area (TPSA) is 70.0 Å². The Morgan fingerprint density at radius 3 is 2.61 bits per heavy atom. The van der Waals surface area contributed by atoms with Crippen molar-refractivity contribution in [1.82, 2.24) is 4.72 Å². The van der Waals surface area contributed by atoms with Crippen LogP contribution in [-0.4, -0.2) is 20.7 Å². The quantitative estimate of drug-likeness (QED) is 0.762. The van der Waals surface area contributed by atoms with Crippen LogP contribution in [0.2, 0.25) is 5.02 Å². The molecule has 1 N–H and O–H groups in total. The van der Waals surface area contributed by atoms with E-state index >= 15 is 0 Å². The molecule has 2 aromatic carbocycles. The molecule has 0 aliphatic heterocycles. The normalized spacial score (nSPS) is 11.1. The summed E-state index contributed by atoms with van der Waals surface area (Å²) < 4.78 is 26.8. The molecule has 0 atom stereocenters. The summed E-state index contributed by atoms with van der Waals surface area (Å²) in [7, 11) is -3.58. The zero-order valence-electron chi connectivity index (χ0n) is 12.2. The first-order valence-corrected chi connectivity index (χ1v) is 9.85. The van der Waals surface area contributed by atoms with Crippen molar-refractivity contribution >= 4 is 33.4 Å². The van der Waals surface area contributed by atoms with Crippen molar-refractivity contribution in [3.63, 3.8) is 0 Å². The molecule has 0 aliphatic rings. The summed E-state index contributed by atoms with van der Waals surface area (Å²) in [5.74, 6) is 1.45. The van der Waals surface area contributed by atoms with Gasteiger partial charge >= 0.3 is 0 Å². The molecular weight excluding hydrogens is 352 g/mol. The van der Waals surface area contributed by atoms with Crippen molar-refractivity contribution in [2.24, 2.45) is 0 Å². The van der Waals surface area contributed by atoms with Gasteiger partial charge in [-0.25, -0.2) is 13.1 Å². The number of nitrogens with one attached hydrogen (secondary N) is 1. The Labute approximate surface area is 145 Å². The lowest BCUT2D eigenvalue weighted by molar-refractivity contribution is 0.584. The van der Waals surface area contributed by atoms with E-state index in [1.165, 1.54) is 12.1 Å². The highest BCUT2D eigenvalue weighted by atomic mass is 35.5. The minimum Gasteiger partial charge on any atom is -0.210 e. The van der Waals surface area contributed by atoms with Crippen LogP contribution in [0.5, 0.6) is 0 Å². The minimum atomic E-state index is -3.58. The second-order valence-electron chi connectivity index (χ2n) is 4.72. The fourth-order valence-electron chi connectivity index (χ4n) is 1.83. The minimum absolute atomic E-state index is 0.110. The maximum absolute atomic E-state index is 12.1. The number of thioether (sulfide) groups is 1. The SMILES string of the molecule is N#Cc1cccc(S(=O)(=O)NCCSCc2ccc(Cl)cc2)c1. The number of halogens is 1. The fourth-order valence-corrected chi connectivity index (χ4v) is 3.99. The van der Waals surface area contributed by atoms with Crippen molar-refractivity contribution < 1.29 is 8.42 Å². The highest BCUT2D eigenvalue weighted by molar-refractivity contribution is 7.98. The van der Waals surface area contributed by atoms with E-state index in [1.54, 1.807) is 23.9 Å². The number of nitriles is 1. The highest BCUT2D eigenvalue weighted by Gasteiger charge is 2.13. The lowest BCUT2D eigenvalue weighted by Crippen LogP contribution is -2.26. The molecule has 0 unspecified atom stereocenters. The van der Waals surface area contributed by atoms with Gasteiger partial charge in [0.15, 0.2) is 0 Å². The summed E-state index contributed by atoms with van der Waals surface area (Å²) in [6, 6.07) is 15.5. The number of benzene rings is 2. The predicted molar refractivity (Wildman–Crippen MR) is 94.0 cm³/mol. The van der Waals surface area contributed by atoms with Gasteiger partial charge in [0.1, 0.15) is 0 Å². The van der Waals surface area contributed by atoms with Crippen LogP contribution >= 0.6 is 23.4 Å². The van der Waals surface area contributed by atoms with Gasteiger partial charge in [0.2, 0.25) is 10.0 Å². The van der Waals surface area contributed by atoms with Gasteiger partial charge in [-0.05, 0) is 35.9 Å². The first-order valence-electron chi connectivity index (χ1n) is 6.83.